The van der Waals surface area contributed by atoms with Crippen LogP contribution < -0.4 is 5.32 Å². The molecule has 1 amide bonds. The molecule has 0 aliphatic heterocycles. The van der Waals surface area contributed by atoms with E-state index in [1.807, 2.05) is 0 Å². The average Bonchev–Trinajstić information content (AvgIpc) is 3.18. The van der Waals surface area contributed by atoms with Crippen molar-refractivity contribution in [2.24, 2.45) is 0 Å². The third kappa shape index (κ3) is 4.60. The molecule has 0 aliphatic rings. The number of aliphatic hydroxyl groups is 1. The zero-order valence-corrected chi connectivity index (χ0v) is 17.1. The molecule has 0 saturated heterocycles. The van der Waals surface area contributed by atoms with Crippen molar-refractivity contribution in [3.63, 3.8) is 0 Å². The van der Waals surface area contributed by atoms with E-state index in [2.05, 4.69) is 10.3 Å². The van der Waals surface area contributed by atoms with Crippen LogP contribution in [-0.4, -0.2) is 20.6 Å². The number of hydrogen-bond donors (Lipinski definition) is 2. The van der Waals surface area contributed by atoms with Crippen molar-refractivity contribution in [3.05, 3.63) is 89.2 Å². The Labute approximate surface area is 188 Å². The van der Waals surface area contributed by atoms with E-state index in [0.717, 1.165) is 16.7 Å². The SMILES string of the molecule is O=C(Nc1ccc(-n2c(C(F)(F)F)nc3cc(CO)ccc32)cc1)c1cccc(C(F)(F)F)c1. The summed E-state index contributed by atoms with van der Waals surface area (Å²) in [7, 11) is 0. The van der Waals surface area contributed by atoms with E-state index in [4.69, 9.17) is 0 Å². The second-order valence-electron chi connectivity index (χ2n) is 7.33. The van der Waals surface area contributed by atoms with Crippen LogP contribution in [0.2, 0.25) is 0 Å². The van der Waals surface area contributed by atoms with Crippen molar-refractivity contribution in [2.45, 2.75) is 19.0 Å². The molecule has 0 saturated carbocycles. The van der Waals surface area contributed by atoms with Gasteiger partial charge in [-0.3, -0.25) is 9.36 Å². The van der Waals surface area contributed by atoms with Gasteiger partial charge in [0.2, 0.25) is 5.82 Å². The van der Waals surface area contributed by atoms with E-state index in [1.165, 1.54) is 48.5 Å². The van der Waals surface area contributed by atoms with E-state index in [-0.39, 0.29) is 34.6 Å². The maximum absolute atomic E-state index is 13.6. The van der Waals surface area contributed by atoms with Gasteiger partial charge in [0.1, 0.15) is 0 Å². The van der Waals surface area contributed by atoms with Crippen molar-refractivity contribution in [1.82, 2.24) is 9.55 Å². The lowest BCUT2D eigenvalue weighted by Gasteiger charge is -2.13. The Morgan fingerprint density at radius 3 is 2.24 bits per heavy atom. The van der Waals surface area contributed by atoms with Gasteiger partial charge in [-0.1, -0.05) is 12.1 Å². The lowest BCUT2D eigenvalue weighted by molar-refractivity contribution is -0.145. The van der Waals surface area contributed by atoms with Crippen molar-refractivity contribution in [1.29, 1.82) is 0 Å². The van der Waals surface area contributed by atoms with E-state index in [9.17, 15) is 36.2 Å². The van der Waals surface area contributed by atoms with Crippen molar-refractivity contribution in [3.8, 4) is 5.69 Å². The number of imidazole rings is 1. The number of rotatable bonds is 4. The van der Waals surface area contributed by atoms with Gasteiger partial charge in [0.15, 0.2) is 0 Å². The fourth-order valence-corrected chi connectivity index (χ4v) is 3.41. The molecule has 0 bridgehead atoms. The van der Waals surface area contributed by atoms with Gasteiger partial charge in [-0.05, 0) is 60.2 Å². The van der Waals surface area contributed by atoms with Gasteiger partial charge in [0.25, 0.3) is 5.91 Å². The molecular weight excluding hydrogens is 464 g/mol. The molecule has 0 radical (unpaired) electrons. The molecule has 0 fully saturated rings. The number of amides is 1. The van der Waals surface area contributed by atoms with Gasteiger partial charge >= 0.3 is 12.4 Å². The van der Waals surface area contributed by atoms with E-state index < -0.39 is 29.6 Å². The Kier molecular flexibility index (Phi) is 5.82. The summed E-state index contributed by atoms with van der Waals surface area (Å²) in [6.45, 7) is -0.357. The van der Waals surface area contributed by atoms with Crippen LogP contribution in [0.4, 0.5) is 32.0 Å². The first kappa shape index (κ1) is 23.3. The first-order valence-electron chi connectivity index (χ1n) is 9.76. The van der Waals surface area contributed by atoms with Gasteiger partial charge in [-0.2, -0.15) is 26.3 Å². The molecule has 3 aromatic carbocycles. The Morgan fingerprint density at radius 1 is 0.912 bits per heavy atom. The predicted molar refractivity (Wildman–Crippen MR) is 111 cm³/mol. The van der Waals surface area contributed by atoms with Gasteiger partial charge < -0.3 is 10.4 Å². The second-order valence-corrected chi connectivity index (χ2v) is 7.33. The van der Waals surface area contributed by atoms with Crippen LogP contribution in [0.25, 0.3) is 16.7 Å². The molecule has 1 heterocycles. The van der Waals surface area contributed by atoms with Crippen LogP contribution >= 0.6 is 0 Å². The van der Waals surface area contributed by atoms with Gasteiger partial charge in [0.05, 0.1) is 23.2 Å². The number of benzene rings is 3. The topological polar surface area (TPSA) is 67.2 Å². The molecule has 34 heavy (non-hydrogen) atoms. The number of aromatic nitrogens is 2. The second kappa shape index (κ2) is 8.49. The third-order valence-corrected chi connectivity index (χ3v) is 4.99. The van der Waals surface area contributed by atoms with Gasteiger partial charge in [0, 0.05) is 16.9 Å². The summed E-state index contributed by atoms with van der Waals surface area (Å²) in [4.78, 5) is 16.0. The van der Waals surface area contributed by atoms with E-state index in [1.54, 1.807) is 0 Å². The minimum absolute atomic E-state index is 0.0424. The number of halogens is 6. The number of fused-ring (bicyclic) bond motifs is 1. The first-order valence-corrected chi connectivity index (χ1v) is 9.76. The zero-order chi connectivity index (χ0) is 24.7. The molecule has 4 aromatic rings. The minimum Gasteiger partial charge on any atom is -0.392 e. The van der Waals surface area contributed by atoms with Crippen LogP contribution in [-0.2, 0) is 19.0 Å². The Morgan fingerprint density at radius 2 is 1.62 bits per heavy atom. The summed E-state index contributed by atoms with van der Waals surface area (Å²) in [5.41, 5.74) is -0.329. The van der Waals surface area contributed by atoms with Crippen LogP contribution in [0.5, 0.6) is 0 Å². The number of hydrogen-bond acceptors (Lipinski definition) is 3. The lowest BCUT2D eigenvalue weighted by Crippen LogP contribution is -2.15. The minimum atomic E-state index is -4.77. The summed E-state index contributed by atoms with van der Waals surface area (Å²) in [5, 5.41) is 11.7. The van der Waals surface area contributed by atoms with Gasteiger partial charge in [-0.25, -0.2) is 4.98 Å². The Balaban J connectivity index is 1.65. The molecule has 0 unspecified atom stereocenters. The maximum atomic E-state index is 13.6. The molecule has 0 atom stereocenters. The van der Waals surface area contributed by atoms with E-state index in [0.29, 0.717) is 11.6 Å². The highest BCUT2D eigenvalue weighted by atomic mass is 19.4. The average molecular weight is 479 g/mol. The molecular formula is C23H15F6N3O2. The highest BCUT2D eigenvalue weighted by Crippen LogP contribution is 2.34. The fraction of sp³-hybridized carbons (Fsp3) is 0.130. The highest BCUT2D eigenvalue weighted by Gasteiger charge is 2.38. The zero-order valence-electron chi connectivity index (χ0n) is 17.1. The molecule has 0 aliphatic carbocycles. The van der Waals surface area contributed by atoms with Crippen molar-refractivity contribution < 1.29 is 36.2 Å². The Bertz CT molecular complexity index is 1360. The molecule has 1 aromatic heterocycles. The summed E-state index contributed by atoms with van der Waals surface area (Å²) in [6.07, 6.45) is -9.38. The number of nitrogens with one attached hydrogen (secondary N) is 1. The number of carbonyl (C=O) groups is 1. The molecule has 176 valence electrons. The number of carbonyl (C=O) groups excluding carboxylic acids is 1. The van der Waals surface area contributed by atoms with Crippen LogP contribution in [0.1, 0.15) is 27.3 Å². The quantitative estimate of drug-likeness (QED) is 0.363. The van der Waals surface area contributed by atoms with Crippen LogP contribution in [0, 0.1) is 0 Å². The number of alkyl halides is 6. The third-order valence-electron chi connectivity index (χ3n) is 4.99. The smallest absolute Gasteiger partial charge is 0.392 e. The first-order chi connectivity index (χ1) is 16.0. The molecule has 2 N–H and O–H groups in total. The van der Waals surface area contributed by atoms with Gasteiger partial charge in [-0.15, -0.1) is 0 Å². The molecule has 5 nitrogen and oxygen atoms in total. The standard InChI is InChI=1S/C23H15F6N3O2/c24-22(25,26)15-3-1-2-14(11-15)20(34)30-16-5-7-17(8-6-16)32-19-9-4-13(12-33)10-18(19)31-21(32)23(27,28)29/h1-11,33H,12H2,(H,30,34). The summed E-state index contributed by atoms with van der Waals surface area (Å²) in [5.74, 6) is -1.97. The summed E-state index contributed by atoms with van der Waals surface area (Å²) in [6, 6.07) is 13.4. The van der Waals surface area contributed by atoms with E-state index >= 15 is 0 Å². The molecule has 0 spiro atoms. The predicted octanol–water partition coefficient (Wildman–Crippen LogP) is 5.81. The Hall–Kier alpha value is -3.86. The monoisotopic (exact) mass is 479 g/mol. The lowest BCUT2D eigenvalue weighted by atomic mass is 10.1. The highest BCUT2D eigenvalue weighted by molar-refractivity contribution is 6.04. The number of aliphatic hydroxyl groups excluding tert-OH is 1. The summed E-state index contributed by atoms with van der Waals surface area (Å²) >= 11 is 0. The molecule has 4 rings (SSSR count). The molecule has 11 heteroatoms. The normalized spacial score (nSPS) is 12.2. The summed E-state index contributed by atoms with van der Waals surface area (Å²) < 4.78 is 80.4. The van der Waals surface area contributed by atoms with Crippen LogP contribution in [0.3, 0.4) is 0 Å². The van der Waals surface area contributed by atoms with Crippen molar-refractivity contribution >= 4 is 22.6 Å². The van der Waals surface area contributed by atoms with Crippen LogP contribution in [0.15, 0.2) is 66.7 Å². The number of nitrogens with zero attached hydrogens (tertiary/aromatic N) is 2. The maximum Gasteiger partial charge on any atom is 0.450 e. The number of anilines is 1. The largest absolute Gasteiger partial charge is 0.450 e. The fourth-order valence-electron chi connectivity index (χ4n) is 3.41. The van der Waals surface area contributed by atoms with Crippen molar-refractivity contribution in [2.75, 3.05) is 5.32 Å².